The molecular formula is C17H16N4O. The Labute approximate surface area is 128 Å². The van der Waals surface area contributed by atoms with Gasteiger partial charge in [-0.2, -0.15) is 5.10 Å². The van der Waals surface area contributed by atoms with Crippen LogP contribution in [0.4, 0.5) is 0 Å². The summed E-state index contributed by atoms with van der Waals surface area (Å²) in [5, 5.41) is 7.21. The van der Waals surface area contributed by atoms with Gasteiger partial charge >= 0.3 is 0 Å². The van der Waals surface area contributed by atoms with Crippen LogP contribution in [0.2, 0.25) is 0 Å². The number of hydrogen-bond acceptors (Lipinski definition) is 3. The molecule has 0 radical (unpaired) electrons. The number of amides is 1. The van der Waals surface area contributed by atoms with Gasteiger partial charge in [0.25, 0.3) is 5.91 Å². The van der Waals surface area contributed by atoms with Crippen molar-refractivity contribution in [2.45, 2.75) is 13.5 Å². The van der Waals surface area contributed by atoms with E-state index in [0.717, 1.165) is 16.9 Å². The van der Waals surface area contributed by atoms with E-state index in [2.05, 4.69) is 15.4 Å². The van der Waals surface area contributed by atoms with Gasteiger partial charge in [0.2, 0.25) is 0 Å². The monoisotopic (exact) mass is 292 g/mol. The lowest BCUT2D eigenvalue weighted by Crippen LogP contribution is -2.23. The fraction of sp³-hybridized carbons (Fsp3) is 0.118. The number of pyridine rings is 1. The van der Waals surface area contributed by atoms with Crippen LogP contribution < -0.4 is 5.32 Å². The lowest BCUT2D eigenvalue weighted by atomic mass is 10.2. The molecule has 0 fully saturated rings. The first-order valence-corrected chi connectivity index (χ1v) is 7.03. The standard InChI is InChI=1S/C17H16N4O/c1-13-16(12-20-21(13)15-5-3-2-4-6-15)17(22)19-11-14-7-9-18-10-8-14/h2-10,12H,11H2,1H3,(H,19,22). The zero-order valence-corrected chi connectivity index (χ0v) is 12.2. The third-order valence-corrected chi connectivity index (χ3v) is 3.46. The molecule has 0 aliphatic carbocycles. The molecule has 1 amide bonds. The Hall–Kier alpha value is -2.95. The molecule has 110 valence electrons. The fourth-order valence-electron chi connectivity index (χ4n) is 2.24. The Balaban J connectivity index is 1.75. The summed E-state index contributed by atoms with van der Waals surface area (Å²) in [7, 11) is 0. The fourth-order valence-corrected chi connectivity index (χ4v) is 2.24. The van der Waals surface area contributed by atoms with Crippen molar-refractivity contribution in [3.63, 3.8) is 0 Å². The molecule has 1 aromatic carbocycles. The van der Waals surface area contributed by atoms with Crippen LogP contribution in [0.5, 0.6) is 0 Å². The molecule has 0 saturated carbocycles. The molecule has 3 rings (SSSR count). The van der Waals surface area contributed by atoms with Crippen molar-refractivity contribution in [2.75, 3.05) is 0 Å². The van der Waals surface area contributed by atoms with Crippen LogP contribution in [0.3, 0.4) is 0 Å². The van der Waals surface area contributed by atoms with Crippen LogP contribution in [0, 0.1) is 6.92 Å². The number of nitrogens with one attached hydrogen (secondary N) is 1. The van der Waals surface area contributed by atoms with Gasteiger partial charge in [-0.1, -0.05) is 18.2 Å². The van der Waals surface area contributed by atoms with Gasteiger partial charge < -0.3 is 5.32 Å². The number of carbonyl (C=O) groups is 1. The third kappa shape index (κ3) is 2.88. The second-order valence-corrected chi connectivity index (χ2v) is 4.93. The molecule has 5 heteroatoms. The van der Waals surface area contributed by atoms with Gasteiger partial charge in [-0.3, -0.25) is 9.78 Å². The normalized spacial score (nSPS) is 10.4. The lowest BCUT2D eigenvalue weighted by molar-refractivity contribution is 0.0950. The number of rotatable bonds is 4. The average molecular weight is 292 g/mol. The molecule has 1 N–H and O–H groups in total. The predicted molar refractivity (Wildman–Crippen MR) is 83.7 cm³/mol. The van der Waals surface area contributed by atoms with Crippen molar-refractivity contribution >= 4 is 5.91 Å². The van der Waals surface area contributed by atoms with Crippen LogP contribution in [-0.2, 0) is 6.54 Å². The maximum atomic E-state index is 12.3. The molecule has 0 atom stereocenters. The van der Waals surface area contributed by atoms with Crippen LogP contribution in [0.1, 0.15) is 21.6 Å². The molecule has 3 aromatic rings. The van der Waals surface area contributed by atoms with Crippen molar-refractivity contribution in [1.82, 2.24) is 20.1 Å². The topological polar surface area (TPSA) is 59.8 Å². The SMILES string of the molecule is Cc1c(C(=O)NCc2ccncc2)cnn1-c1ccccc1. The number of hydrogen-bond donors (Lipinski definition) is 1. The van der Waals surface area contributed by atoms with Crippen molar-refractivity contribution in [2.24, 2.45) is 0 Å². The molecule has 2 heterocycles. The molecule has 5 nitrogen and oxygen atoms in total. The highest BCUT2D eigenvalue weighted by atomic mass is 16.1. The molecule has 0 spiro atoms. The summed E-state index contributed by atoms with van der Waals surface area (Å²) in [6, 6.07) is 13.5. The van der Waals surface area contributed by atoms with E-state index in [1.54, 1.807) is 23.3 Å². The maximum Gasteiger partial charge on any atom is 0.255 e. The average Bonchev–Trinajstić information content (AvgIpc) is 2.96. The van der Waals surface area contributed by atoms with E-state index >= 15 is 0 Å². The molecular weight excluding hydrogens is 276 g/mol. The maximum absolute atomic E-state index is 12.3. The van der Waals surface area contributed by atoms with E-state index in [1.807, 2.05) is 49.4 Å². The number of carbonyl (C=O) groups excluding carboxylic acids is 1. The summed E-state index contributed by atoms with van der Waals surface area (Å²) in [6.07, 6.45) is 5.02. The predicted octanol–water partition coefficient (Wildman–Crippen LogP) is 2.51. The third-order valence-electron chi connectivity index (χ3n) is 3.46. The molecule has 0 aliphatic heterocycles. The minimum Gasteiger partial charge on any atom is -0.348 e. The lowest BCUT2D eigenvalue weighted by Gasteiger charge is -2.06. The van der Waals surface area contributed by atoms with Crippen molar-refractivity contribution in [3.8, 4) is 5.69 Å². The van der Waals surface area contributed by atoms with Crippen LogP contribution in [0.15, 0.2) is 61.1 Å². The Morgan fingerprint density at radius 1 is 1.14 bits per heavy atom. The summed E-state index contributed by atoms with van der Waals surface area (Å²) in [5.74, 6) is -0.128. The Morgan fingerprint density at radius 3 is 2.59 bits per heavy atom. The second-order valence-electron chi connectivity index (χ2n) is 4.93. The molecule has 0 saturated heterocycles. The highest BCUT2D eigenvalue weighted by Gasteiger charge is 2.14. The van der Waals surface area contributed by atoms with Gasteiger partial charge in [-0.05, 0) is 36.8 Å². The van der Waals surface area contributed by atoms with Crippen molar-refractivity contribution < 1.29 is 4.79 Å². The van der Waals surface area contributed by atoms with Crippen LogP contribution >= 0.6 is 0 Å². The van der Waals surface area contributed by atoms with Crippen molar-refractivity contribution in [3.05, 3.63) is 77.9 Å². The zero-order valence-electron chi connectivity index (χ0n) is 12.2. The molecule has 22 heavy (non-hydrogen) atoms. The van der Waals surface area contributed by atoms with Crippen molar-refractivity contribution in [1.29, 1.82) is 0 Å². The molecule has 0 aliphatic rings. The van der Waals surface area contributed by atoms with Gasteiger partial charge in [0.05, 0.1) is 23.1 Å². The highest BCUT2D eigenvalue weighted by molar-refractivity contribution is 5.95. The molecule has 0 unspecified atom stereocenters. The van der Waals surface area contributed by atoms with Gasteiger partial charge in [0.15, 0.2) is 0 Å². The summed E-state index contributed by atoms with van der Waals surface area (Å²) < 4.78 is 1.77. The molecule has 0 bridgehead atoms. The van der Waals surface area contributed by atoms with Gasteiger partial charge in [-0.25, -0.2) is 4.68 Å². The summed E-state index contributed by atoms with van der Waals surface area (Å²) in [6.45, 7) is 2.36. The summed E-state index contributed by atoms with van der Waals surface area (Å²) >= 11 is 0. The first kappa shape index (κ1) is 14.0. The zero-order chi connectivity index (χ0) is 15.4. The first-order chi connectivity index (χ1) is 10.8. The minimum atomic E-state index is -0.128. The Kier molecular flexibility index (Phi) is 3.96. The van der Waals surface area contributed by atoms with Crippen LogP contribution in [-0.4, -0.2) is 20.7 Å². The first-order valence-electron chi connectivity index (χ1n) is 7.03. The van der Waals surface area contributed by atoms with Gasteiger partial charge in [0, 0.05) is 18.9 Å². The highest BCUT2D eigenvalue weighted by Crippen LogP contribution is 2.13. The minimum absolute atomic E-state index is 0.128. The quantitative estimate of drug-likeness (QED) is 0.803. The Morgan fingerprint density at radius 2 is 1.86 bits per heavy atom. The molecule has 2 aromatic heterocycles. The Bertz CT molecular complexity index is 766. The smallest absolute Gasteiger partial charge is 0.255 e. The summed E-state index contributed by atoms with van der Waals surface area (Å²) in [5.41, 5.74) is 3.35. The van der Waals surface area contributed by atoms with Gasteiger partial charge in [-0.15, -0.1) is 0 Å². The van der Waals surface area contributed by atoms with E-state index in [9.17, 15) is 4.79 Å². The van der Waals surface area contributed by atoms with E-state index in [0.29, 0.717) is 12.1 Å². The number of nitrogens with zero attached hydrogens (tertiary/aromatic N) is 3. The van der Waals surface area contributed by atoms with E-state index < -0.39 is 0 Å². The number of benzene rings is 1. The van der Waals surface area contributed by atoms with E-state index in [4.69, 9.17) is 0 Å². The van der Waals surface area contributed by atoms with E-state index in [-0.39, 0.29) is 5.91 Å². The second kappa shape index (κ2) is 6.22. The van der Waals surface area contributed by atoms with E-state index in [1.165, 1.54) is 0 Å². The van der Waals surface area contributed by atoms with Gasteiger partial charge in [0.1, 0.15) is 0 Å². The number of aromatic nitrogens is 3. The summed E-state index contributed by atoms with van der Waals surface area (Å²) in [4.78, 5) is 16.3. The van der Waals surface area contributed by atoms with Crippen LogP contribution in [0.25, 0.3) is 5.69 Å². The number of para-hydroxylation sites is 1. The largest absolute Gasteiger partial charge is 0.348 e.